The van der Waals surface area contributed by atoms with E-state index in [-0.39, 0.29) is 28.7 Å². The quantitative estimate of drug-likeness (QED) is 0.595. The number of anilines is 1. The minimum atomic E-state index is -3.86. The molecule has 0 saturated carbocycles. The molecule has 26 heavy (non-hydrogen) atoms. The maximum absolute atomic E-state index is 12.7. The van der Waals surface area contributed by atoms with Crippen molar-refractivity contribution in [3.8, 4) is 0 Å². The fourth-order valence-electron chi connectivity index (χ4n) is 2.67. The van der Waals surface area contributed by atoms with E-state index in [9.17, 15) is 23.3 Å². The third-order valence-electron chi connectivity index (χ3n) is 4.02. The second-order valence-electron chi connectivity index (χ2n) is 5.54. The fraction of sp³-hybridized carbons (Fsp3) is 0.286. The molecule has 12 heteroatoms. The Balaban J connectivity index is 1.79. The Morgan fingerprint density at radius 1 is 1.23 bits per heavy atom. The van der Waals surface area contributed by atoms with Crippen molar-refractivity contribution < 1.29 is 13.3 Å². The van der Waals surface area contributed by atoms with Crippen LogP contribution in [0.3, 0.4) is 0 Å². The summed E-state index contributed by atoms with van der Waals surface area (Å²) in [7, 11) is -3.86. The standard InChI is InChI=1S/C14H14ClN5O5S/c15-13-12(9-16-17-14(13)21)18-4-6-19(7-5-18)26(24,25)11-3-1-2-10(8-11)20(22)23/h1-3,8-9H,4-7H2,(H,17,21). The van der Waals surface area contributed by atoms with E-state index in [2.05, 4.69) is 10.2 Å². The van der Waals surface area contributed by atoms with Crippen molar-refractivity contribution in [2.45, 2.75) is 4.90 Å². The first-order chi connectivity index (χ1) is 12.3. The Bertz CT molecular complexity index is 1000. The zero-order valence-corrected chi connectivity index (χ0v) is 14.9. The number of aromatic amines is 1. The first-order valence-electron chi connectivity index (χ1n) is 7.53. The largest absolute Gasteiger partial charge is 0.366 e. The third kappa shape index (κ3) is 3.41. The van der Waals surface area contributed by atoms with Crippen LogP contribution in [0.4, 0.5) is 11.4 Å². The van der Waals surface area contributed by atoms with Crippen LogP contribution in [-0.4, -0.2) is 54.0 Å². The number of sulfonamides is 1. The molecule has 0 amide bonds. The van der Waals surface area contributed by atoms with Crippen molar-refractivity contribution in [2.24, 2.45) is 0 Å². The topological polar surface area (TPSA) is 130 Å². The number of benzene rings is 1. The average Bonchev–Trinajstić information content (AvgIpc) is 2.64. The van der Waals surface area contributed by atoms with E-state index < -0.39 is 20.5 Å². The molecule has 0 unspecified atom stereocenters. The summed E-state index contributed by atoms with van der Waals surface area (Å²) in [5.41, 5.74) is -0.371. The molecule has 0 bridgehead atoms. The number of nitro benzene ring substituents is 1. The van der Waals surface area contributed by atoms with Gasteiger partial charge in [-0.05, 0) is 6.07 Å². The first-order valence-corrected chi connectivity index (χ1v) is 9.35. The highest BCUT2D eigenvalue weighted by molar-refractivity contribution is 7.89. The van der Waals surface area contributed by atoms with Gasteiger partial charge in [-0.2, -0.15) is 9.40 Å². The molecule has 0 spiro atoms. The van der Waals surface area contributed by atoms with Gasteiger partial charge in [-0.25, -0.2) is 13.5 Å². The predicted octanol–water partition coefficient (Wildman–Crippen LogP) is 0.842. The molecular formula is C14H14ClN5O5S. The molecule has 0 aliphatic carbocycles. The molecule has 0 radical (unpaired) electrons. The van der Waals surface area contributed by atoms with Crippen LogP contribution in [-0.2, 0) is 10.0 Å². The molecule has 1 aromatic carbocycles. The lowest BCUT2D eigenvalue weighted by molar-refractivity contribution is -0.385. The number of nitrogens with one attached hydrogen (secondary N) is 1. The lowest BCUT2D eigenvalue weighted by Crippen LogP contribution is -2.49. The number of nitrogens with zero attached hydrogens (tertiary/aromatic N) is 4. The van der Waals surface area contributed by atoms with Gasteiger partial charge in [0, 0.05) is 38.3 Å². The zero-order valence-electron chi connectivity index (χ0n) is 13.3. The van der Waals surface area contributed by atoms with E-state index in [0.29, 0.717) is 18.8 Å². The van der Waals surface area contributed by atoms with Gasteiger partial charge in [0.05, 0.1) is 21.7 Å². The number of H-pyrrole nitrogens is 1. The predicted molar refractivity (Wildman–Crippen MR) is 93.9 cm³/mol. The van der Waals surface area contributed by atoms with Gasteiger partial charge < -0.3 is 4.90 Å². The second kappa shape index (κ2) is 7.02. The number of aromatic nitrogens is 2. The maximum Gasteiger partial charge on any atom is 0.285 e. The highest BCUT2D eigenvalue weighted by Gasteiger charge is 2.30. The number of hydrogen-bond donors (Lipinski definition) is 1. The van der Waals surface area contributed by atoms with Crippen molar-refractivity contribution in [2.75, 3.05) is 31.1 Å². The molecule has 2 heterocycles. The van der Waals surface area contributed by atoms with Crippen molar-refractivity contribution in [3.05, 3.63) is 56.0 Å². The normalized spacial score (nSPS) is 15.8. The Morgan fingerprint density at radius 2 is 1.92 bits per heavy atom. The van der Waals surface area contributed by atoms with Crippen LogP contribution in [0.5, 0.6) is 0 Å². The molecule has 1 aromatic heterocycles. The molecule has 138 valence electrons. The van der Waals surface area contributed by atoms with Gasteiger partial charge in [0.25, 0.3) is 11.2 Å². The second-order valence-corrected chi connectivity index (χ2v) is 7.86. The lowest BCUT2D eigenvalue weighted by atomic mass is 10.3. The summed E-state index contributed by atoms with van der Waals surface area (Å²) in [5, 5.41) is 16.8. The van der Waals surface area contributed by atoms with Crippen molar-refractivity contribution in [3.63, 3.8) is 0 Å². The number of rotatable bonds is 4. The molecular weight excluding hydrogens is 386 g/mol. The van der Waals surface area contributed by atoms with Gasteiger partial charge in [0.1, 0.15) is 5.02 Å². The smallest absolute Gasteiger partial charge is 0.285 e. The molecule has 1 aliphatic heterocycles. The summed E-state index contributed by atoms with van der Waals surface area (Å²) in [6.45, 7) is 0.903. The van der Waals surface area contributed by atoms with Crippen molar-refractivity contribution in [1.29, 1.82) is 0 Å². The molecule has 1 N–H and O–H groups in total. The van der Waals surface area contributed by atoms with Crippen LogP contribution < -0.4 is 10.5 Å². The lowest BCUT2D eigenvalue weighted by Gasteiger charge is -2.35. The number of hydrogen-bond acceptors (Lipinski definition) is 7. The highest BCUT2D eigenvalue weighted by atomic mass is 35.5. The van der Waals surface area contributed by atoms with Gasteiger partial charge in [-0.3, -0.25) is 14.9 Å². The van der Waals surface area contributed by atoms with Crippen LogP contribution in [0.2, 0.25) is 5.02 Å². The summed E-state index contributed by atoms with van der Waals surface area (Å²) in [5.74, 6) is 0. The SMILES string of the molecule is O=c1[nH]ncc(N2CCN(S(=O)(=O)c3cccc([N+](=O)[O-])c3)CC2)c1Cl. The number of piperazine rings is 1. The van der Waals surface area contributed by atoms with Crippen LogP contribution >= 0.6 is 11.6 Å². The monoisotopic (exact) mass is 399 g/mol. The highest BCUT2D eigenvalue weighted by Crippen LogP contribution is 2.25. The Kier molecular flexibility index (Phi) is 4.94. The molecule has 10 nitrogen and oxygen atoms in total. The zero-order chi connectivity index (χ0) is 18.9. The average molecular weight is 400 g/mol. The van der Waals surface area contributed by atoms with Gasteiger partial charge in [-0.15, -0.1) is 0 Å². The van der Waals surface area contributed by atoms with E-state index >= 15 is 0 Å². The van der Waals surface area contributed by atoms with Crippen LogP contribution in [0.15, 0.2) is 40.2 Å². The van der Waals surface area contributed by atoms with E-state index in [0.717, 1.165) is 6.07 Å². The van der Waals surface area contributed by atoms with Gasteiger partial charge in [0.15, 0.2) is 0 Å². The van der Waals surface area contributed by atoms with Crippen LogP contribution in [0.1, 0.15) is 0 Å². The van der Waals surface area contributed by atoms with E-state index in [1.54, 1.807) is 4.90 Å². The summed E-state index contributed by atoms with van der Waals surface area (Å²) in [4.78, 5) is 23.4. The molecule has 0 atom stereocenters. The number of non-ortho nitro benzene ring substituents is 1. The number of halogens is 1. The van der Waals surface area contributed by atoms with Crippen molar-refractivity contribution >= 4 is 33.0 Å². The summed E-state index contributed by atoms with van der Waals surface area (Å²) in [6.07, 6.45) is 1.41. The van der Waals surface area contributed by atoms with Gasteiger partial charge in [-0.1, -0.05) is 17.7 Å². The van der Waals surface area contributed by atoms with Gasteiger partial charge >= 0.3 is 0 Å². The van der Waals surface area contributed by atoms with E-state index in [4.69, 9.17) is 11.6 Å². The summed E-state index contributed by atoms with van der Waals surface area (Å²) >= 11 is 5.97. The van der Waals surface area contributed by atoms with Crippen LogP contribution in [0, 0.1) is 10.1 Å². The number of nitro groups is 1. The third-order valence-corrected chi connectivity index (χ3v) is 6.28. The Hall–Kier alpha value is -2.50. The molecule has 2 aromatic rings. The van der Waals surface area contributed by atoms with E-state index in [1.807, 2.05) is 0 Å². The minimum Gasteiger partial charge on any atom is -0.366 e. The summed E-state index contributed by atoms with van der Waals surface area (Å²) < 4.78 is 26.7. The molecule has 1 saturated heterocycles. The van der Waals surface area contributed by atoms with E-state index in [1.165, 1.54) is 28.7 Å². The Labute approximate surface area is 153 Å². The molecule has 3 rings (SSSR count). The van der Waals surface area contributed by atoms with Gasteiger partial charge in [0.2, 0.25) is 10.0 Å². The first kappa shape index (κ1) is 18.3. The summed E-state index contributed by atoms with van der Waals surface area (Å²) in [6, 6.07) is 4.94. The molecule has 1 fully saturated rings. The minimum absolute atomic E-state index is 0.00464. The van der Waals surface area contributed by atoms with Crippen LogP contribution in [0.25, 0.3) is 0 Å². The fourth-order valence-corrected chi connectivity index (χ4v) is 4.34. The Morgan fingerprint density at radius 3 is 2.58 bits per heavy atom. The van der Waals surface area contributed by atoms with Crippen molar-refractivity contribution in [1.82, 2.24) is 14.5 Å². The molecule has 1 aliphatic rings. The maximum atomic E-state index is 12.7.